The van der Waals surface area contributed by atoms with Crippen LogP contribution in [0.1, 0.15) is 105 Å². The van der Waals surface area contributed by atoms with Crippen molar-refractivity contribution in [2.75, 3.05) is 0 Å². The molecule has 51 heavy (non-hydrogen) atoms. The van der Waals surface area contributed by atoms with Crippen LogP contribution in [0, 0.1) is 12.1 Å². The zero-order valence-corrected chi connectivity index (χ0v) is 34.3. The number of rotatable bonds is 3. The Balaban J connectivity index is 0.00000448. The molecule has 3 nitrogen and oxygen atoms in total. The Kier molecular flexibility index (Phi) is 9.15. The number of pyridine rings is 1. The van der Waals surface area contributed by atoms with E-state index < -0.39 is 0 Å². The van der Waals surface area contributed by atoms with E-state index in [-0.39, 0.29) is 44.0 Å². The second kappa shape index (κ2) is 12.7. The number of hydrogen-bond acceptors (Lipinski definition) is 2. The van der Waals surface area contributed by atoms with Crippen LogP contribution in [-0.4, -0.2) is 4.98 Å². The standard InChI is InChI=1S/C47H49N2O.Au/c1-44(2,3)33-13-14-40-38(25-33)39-27-36(47(10,11)12)26-37(42(39)49-40)31-19-29(21-34(23-31)45(4,5)6)30-20-32(24-35(22-30)46(7,8)9)41-43-28(15-17-48-41)16-18-50-43;/h13-18,21-27H,1-12H3;/q-3;+3. The van der Waals surface area contributed by atoms with Crippen molar-refractivity contribution < 1.29 is 26.8 Å². The van der Waals surface area contributed by atoms with Crippen molar-refractivity contribution in [1.82, 2.24) is 9.97 Å². The molecule has 0 aliphatic rings. The van der Waals surface area contributed by atoms with E-state index in [9.17, 15) is 0 Å². The Morgan fingerprint density at radius 3 is 1.69 bits per heavy atom. The van der Waals surface area contributed by atoms with Gasteiger partial charge in [0.2, 0.25) is 0 Å². The maximum atomic E-state index is 5.95. The van der Waals surface area contributed by atoms with Gasteiger partial charge in [-0.05, 0) is 55.7 Å². The van der Waals surface area contributed by atoms with Gasteiger partial charge in [-0.2, -0.15) is 40.9 Å². The quantitative estimate of drug-likeness (QED) is 0.131. The summed E-state index contributed by atoms with van der Waals surface area (Å²) in [5.41, 5.74) is 13.5. The molecule has 0 N–H and O–H groups in total. The Morgan fingerprint density at radius 2 is 1.08 bits per heavy atom. The van der Waals surface area contributed by atoms with Gasteiger partial charge in [-0.3, -0.25) is 4.98 Å². The van der Waals surface area contributed by atoms with Crippen molar-refractivity contribution in [2.24, 2.45) is 0 Å². The number of furan rings is 1. The van der Waals surface area contributed by atoms with Crippen LogP contribution in [0.2, 0.25) is 0 Å². The smallest absolute Gasteiger partial charge is 0.663 e. The van der Waals surface area contributed by atoms with Crippen LogP contribution in [-0.2, 0) is 44.0 Å². The average Bonchev–Trinajstić information content (AvgIpc) is 3.67. The second-order valence-corrected chi connectivity index (χ2v) is 18.2. The molecule has 0 amide bonds. The fraction of sp³-hybridized carbons (Fsp3) is 0.340. The van der Waals surface area contributed by atoms with Gasteiger partial charge in [-0.1, -0.05) is 119 Å². The SMILES string of the molecule is CC(C)(C)c1cc(-c2[c-]c(-c3nccc4ccoc34)cc(C(C)(C)C)c2)[c-]c(-c2cc(C(C)(C)C)cc3c2[n-]c2ccc(C(C)(C)C)cc23)c1.[Au+3]. The fourth-order valence-electron chi connectivity index (χ4n) is 6.69. The summed E-state index contributed by atoms with van der Waals surface area (Å²) in [5.74, 6) is 0. The van der Waals surface area contributed by atoms with Crippen molar-refractivity contribution in [3.05, 3.63) is 114 Å². The first-order valence-electron chi connectivity index (χ1n) is 17.8. The first-order valence-corrected chi connectivity index (χ1v) is 17.8. The molecule has 0 unspecified atom stereocenters. The van der Waals surface area contributed by atoms with Gasteiger partial charge < -0.3 is 9.40 Å². The third-order valence-electron chi connectivity index (χ3n) is 10.0. The second-order valence-electron chi connectivity index (χ2n) is 18.2. The molecular formula is C47H49AuN2O. The summed E-state index contributed by atoms with van der Waals surface area (Å²) in [4.78, 5) is 10.1. The van der Waals surface area contributed by atoms with Crippen LogP contribution >= 0.6 is 0 Å². The molecule has 0 saturated carbocycles. The maximum absolute atomic E-state index is 5.95. The number of fused-ring (bicyclic) bond motifs is 4. The molecule has 4 heteroatoms. The molecular weight excluding hydrogens is 805 g/mol. The van der Waals surface area contributed by atoms with E-state index in [4.69, 9.17) is 14.4 Å². The molecule has 7 aromatic rings. The van der Waals surface area contributed by atoms with Gasteiger partial charge in [0.15, 0.2) is 0 Å². The number of hydrogen-bond donors (Lipinski definition) is 0. The summed E-state index contributed by atoms with van der Waals surface area (Å²) >= 11 is 0. The molecule has 0 spiro atoms. The number of nitrogens with zero attached hydrogens (tertiary/aromatic N) is 2. The first kappa shape index (κ1) is 36.9. The van der Waals surface area contributed by atoms with Crippen molar-refractivity contribution in [2.45, 2.75) is 105 Å². The molecule has 3 heterocycles. The summed E-state index contributed by atoms with van der Waals surface area (Å²) in [5, 5.41) is 3.44. The van der Waals surface area contributed by atoms with Crippen LogP contribution in [0.3, 0.4) is 0 Å². The third kappa shape index (κ3) is 7.01. The maximum Gasteiger partial charge on any atom is 3.00 e. The van der Waals surface area contributed by atoms with Crippen LogP contribution in [0.25, 0.3) is 66.3 Å². The molecule has 0 aliphatic heterocycles. The summed E-state index contributed by atoms with van der Waals surface area (Å²) in [6, 6.07) is 32.3. The Bertz CT molecular complexity index is 2410. The van der Waals surface area contributed by atoms with Crippen LogP contribution in [0.15, 0.2) is 83.6 Å². The Hall–Kier alpha value is -3.89. The van der Waals surface area contributed by atoms with Crippen molar-refractivity contribution in [3.63, 3.8) is 0 Å². The third-order valence-corrected chi connectivity index (χ3v) is 10.0. The van der Waals surface area contributed by atoms with Gasteiger partial charge >= 0.3 is 22.4 Å². The monoisotopic (exact) mass is 854 g/mol. The molecule has 0 atom stereocenters. The Morgan fingerprint density at radius 1 is 0.549 bits per heavy atom. The minimum Gasteiger partial charge on any atom is -0.663 e. The average molecular weight is 855 g/mol. The van der Waals surface area contributed by atoms with Crippen LogP contribution in [0.5, 0.6) is 0 Å². The minimum atomic E-state index is -0.100. The zero-order chi connectivity index (χ0) is 36.0. The van der Waals surface area contributed by atoms with Crippen molar-refractivity contribution >= 4 is 32.8 Å². The summed E-state index contributed by atoms with van der Waals surface area (Å²) in [6.07, 6.45) is 3.58. The fourth-order valence-corrected chi connectivity index (χ4v) is 6.69. The minimum absolute atomic E-state index is 0. The van der Waals surface area contributed by atoms with Gasteiger partial charge in [-0.15, -0.1) is 39.9 Å². The van der Waals surface area contributed by atoms with E-state index in [0.717, 1.165) is 55.5 Å². The molecule has 7 rings (SSSR count). The van der Waals surface area contributed by atoms with E-state index >= 15 is 0 Å². The topological polar surface area (TPSA) is 40.1 Å². The summed E-state index contributed by atoms with van der Waals surface area (Å²) in [6.45, 7) is 27.3. The largest absolute Gasteiger partial charge is 3.00 e. The molecule has 0 saturated heterocycles. The van der Waals surface area contributed by atoms with Crippen molar-refractivity contribution in [3.8, 4) is 33.5 Å². The summed E-state index contributed by atoms with van der Waals surface area (Å²) in [7, 11) is 0. The van der Waals surface area contributed by atoms with Gasteiger partial charge in [0, 0.05) is 17.3 Å². The van der Waals surface area contributed by atoms with Crippen molar-refractivity contribution in [1.29, 1.82) is 0 Å². The van der Waals surface area contributed by atoms with Crippen LogP contribution < -0.4 is 4.98 Å². The van der Waals surface area contributed by atoms with Gasteiger partial charge in [0.05, 0.1) is 6.26 Å². The summed E-state index contributed by atoms with van der Waals surface area (Å²) < 4.78 is 5.95. The predicted octanol–water partition coefficient (Wildman–Crippen LogP) is 12.9. The number of aromatic nitrogens is 2. The van der Waals surface area contributed by atoms with Crippen LogP contribution in [0.4, 0.5) is 0 Å². The Labute approximate surface area is 319 Å². The van der Waals surface area contributed by atoms with E-state index in [1.54, 1.807) is 6.26 Å². The molecule has 264 valence electrons. The molecule has 0 aliphatic carbocycles. The normalized spacial score (nSPS) is 12.9. The molecule has 3 aromatic heterocycles. The molecule has 0 bridgehead atoms. The van der Waals surface area contributed by atoms with Gasteiger partial charge in [0.25, 0.3) is 0 Å². The molecule has 4 aromatic carbocycles. The first-order chi connectivity index (χ1) is 23.3. The zero-order valence-electron chi connectivity index (χ0n) is 32.1. The molecule has 0 radical (unpaired) electrons. The van der Waals surface area contributed by atoms with E-state index in [1.807, 2.05) is 18.3 Å². The predicted molar refractivity (Wildman–Crippen MR) is 211 cm³/mol. The molecule has 0 fully saturated rings. The van der Waals surface area contributed by atoms with Gasteiger partial charge in [0.1, 0.15) is 5.58 Å². The number of benzene rings is 4. The van der Waals surface area contributed by atoms with E-state index in [0.29, 0.717) is 0 Å². The van der Waals surface area contributed by atoms with Gasteiger partial charge in [-0.25, -0.2) is 0 Å². The van der Waals surface area contributed by atoms with E-state index in [2.05, 4.69) is 150 Å². The van der Waals surface area contributed by atoms with E-state index in [1.165, 1.54) is 33.0 Å².